The molecule has 0 aliphatic carbocycles. The summed E-state index contributed by atoms with van der Waals surface area (Å²) in [6.45, 7) is 4.39. The first kappa shape index (κ1) is 7.93. The van der Waals surface area contributed by atoms with Crippen molar-refractivity contribution in [3.8, 4) is 0 Å². The lowest BCUT2D eigenvalue weighted by Gasteiger charge is -2.09. The largest absolute Gasteiger partial charge is 0.382 e. The molecule has 1 nitrogen and oxygen atoms in total. The first-order valence-electron chi connectivity index (χ1n) is 4.25. The predicted octanol–water partition coefficient (Wildman–Crippen LogP) is 3.26. The van der Waals surface area contributed by atoms with Crippen molar-refractivity contribution in [1.29, 1.82) is 0 Å². The molecule has 1 aromatic carbocycles. The van der Waals surface area contributed by atoms with Crippen LogP contribution in [0.5, 0.6) is 0 Å². The monoisotopic (exact) mass is 181 g/mol. The minimum Gasteiger partial charge on any atom is -0.382 e. The van der Waals surface area contributed by atoms with Crippen LogP contribution in [0.25, 0.3) is 0 Å². The van der Waals surface area contributed by atoms with Crippen LogP contribution in [-0.2, 0) is 0 Å². The zero-order chi connectivity index (χ0) is 8.72. The predicted molar refractivity (Wildman–Crippen MR) is 53.0 cm³/mol. The zero-order valence-electron chi connectivity index (χ0n) is 7.26. The van der Waals surface area contributed by atoms with Gasteiger partial charge in [0, 0.05) is 22.7 Å². The van der Waals surface area contributed by atoms with E-state index in [0.717, 1.165) is 5.02 Å². The first-order valence-corrected chi connectivity index (χ1v) is 4.63. The Morgan fingerprint density at radius 1 is 1.33 bits per heavy atom. The number of rotatable bonds is 0. The summed E-state index contributed by atoms with van der Waals surface area (Å²) in [5.74, 6) is 0.522. The molecule has 2 heteroatoms. The fourth-order valence-corrected chi connectivity index (χ4v) is 2.09. The average molecular weight is 182 g/mol. The van der Waals surface area contributed by atoms with E-state index in [1.165, 1.54) is 11.3 Å². The van der Waals surface area contributed by atoms with Crippen LogP contribution in [0.2, 0.25) is 5.02 Å². The van der Waals surface area contributed by atoms with Gasteiger partial charge in [-0.15, -0.1) is 0 Å². The molecule has 0 saturated carbocycles. The number of benzene rings is 1. The molecule has 2 unspecified atom stereocenters. The van der Waals surface area contributed by atoms with E-state index in [9.17, 15) is 0 Å². The van der Waals surface area contributed by atoms with Crippen molar-refractivity contribution in [2.24, 2.45) is 0 Å². The highest BCUT2D eigenvalue weighted by Crippen LogP contribution is 2.39. The third-order valence-corrected chi connectivity index (χ3v) is 2.97. The average Bonchev–Trinajstić information content (AvgIpc) is 2.29. The maximum absolute atomic E-state index is 6.09. The Hall–Kier alpha value is -0.690. The highest BCUT2D eigenvalue weighted by Gasteiger charge is 2.26. The van der Waals surface area contributed by atoms with Gasteiger partial charge in [0.2, 0.25) is 0 Å². The van der Waals surface area contributed by atoms with Crippen LogP contribution < -0.4 is 5.32 Å². The first-order chi connectivity index (χ1) is 5.70. The van der Waals surface area contributed by atoms with E-state index in [1.54, 1.807) is 0 Å². The SMILES string of the molecule is CC1Nc2cccc(Cl)c2C1C. The van der Waals surface area contributed by atoms with E-state index in [4.69, 9.17) is 11.6 Å². The van der Waals surface area contributed by atoms with Crippen LogP contribution in [0.4, 0.5) is 5.69 Å². The van der Waals surface area contributed by atoms with Crippen LogP contribution >= 0.6 is 11.6 Å². The van der Waals surface area contributed by atoms with E-state index in [-0.39, 0.29) is 0 Å². The summed E-state index contributed by atoms with van der Waals surface area (Å²) in [5.41, 5.74) is 2.47. The molecule has 0 bridgehead atoms. The Labute approximate surface area is 77.7 Å². The number of anilines is 1. The Balaban J connectivity index is 2.55. The third-order valence-electron chi connectivity index (χ3n) is 2.64. The molecule has 1 aliphatic heterocycles. The second-order valence-corrected chi connectivity index (χ2v) is 3.83. The van der Waals surface area contributed by atoms with Crippen LogP contribution in [-0.4, -0.2) is 6.04 Å². The molecule has 0 aromatic heterocycles. The Morgan fingerprint density at radius 3 is 2.75 bits per heavy atom. The molecule has 1 N–H and O–H groups in total. The van der Waals surface area contributed by atoms with Crippen molar-refractivity contribution < 1.29 is 0 Å². The van der Waals surface area contributed by atoms with Gasteiger partial charge >= 0.3 is 0 Å². The van der Waals surface area contributed by atoms with Gasteiger partial charge in [-0.05, 0) is 24.6 Å². The Bertz CT molecular complexity index is 309. The standard InChI is InChI=1S/C10H12ClN/c1-6-7(2)12-9-5-3-4-8(11)10(6)9/h3-7,12H,1-2H3. The maximum atomic E-state index is 6.09. The lowest BCUT2D eigenvalue weighted by Crippen LogP contribution is -2.12. The van der Waals surface area contributed by atoms with Crippen LogP contribution in [0.1, 0.15) is 25.3 Å². The Kier molecular flexibility index (Phi) is 1.76. The molecule has 2 rings (SSSR count). The molecule has 64 valence electrons. The molecular formula is C10H12ClN. The normalized spacial score (nSPS) is 26.6. The van der Waals surface area contributed by atoms with E-state index in [0.29, 0.717) is 12.0 Å². The van der Waals surface area contributed by atoms with Gasteiger partial charge in [0.15, 0.2) is 0 Å². The second kappa shape index (κ2) is 2.67. The number of hydrogen-bond donors (Lipinski definition) is 1. The maximum Gasteiger partial charge on any atom is 0.0462 e. The van der Waals surface area contributed by atoms with Crippen LogP contribution in [0, 0.1) is 0 Å². The van der Waals surface area contributed by atoms with E-state index in [2.05, 4.69) is 25.2 Å². The summed E-state index contributed by atoms with van der Waals surface area (Å²) < 4.78 is 0. The van der Waals surface area contributed by atoms with Gasteiger partial charge in [0.05, 0.1) is 0 Å². The van der Waals surface area contributed by atoms with Gasteiger partial charge in [0.1, 0.15) is 0 Å². The molecule has 0 radical (unpaired) electrons. The lowest BCUT2D eigenvalue weighted by atomic mass is 9.98. The molecule has 0 saturated heterocycles. The van der Waals surface area contributed by atoms with Crippen LogP contribution in [0.15, 0.2) is 18.2 Å². The molecule has 12 heavy (non-hydrogen) atoms. The summed E-state index contributed by atoms with van der Waals surface area (Å²) in [5, 5.41) is 4.29. The van der Waals surface area contributed by atoms with E-state index < -0.39 is 0 Å². The third kappa shape index (κ3) is 1.00. The minimum atomic E-state index is 0.500. The van der Waals surface area contributed by atoms with Gasteiger partial charge in [-0.1, -0.05) is 24.6 Å². The van der Waals surface area contributed by atoms with Crippen LogP contribution in [0.3, 0.4) is 0 Å². The van der Waals surface area contributed by atoms with Crippen molar-refractivity contribution in [3.05, 3.63) is 28.8 Å². The molecule has 1 heterocycles. The van der Waals surface area contributed by atoms with E-state index >= 15 is 0 Å². The summed E-state index contributed by atoms with van der Waals surface area (Å²) in [4.78, 5) is 0. The van der Waals surface area contributed by atoms with Gasteiger partial charge in [0.25, 0.3) is 0 Å². The molecule has 0 spiro atoms. The smallest absolute Gasteiger partial charge is 0.0462 e. The topological polar surface area (TPSA) is 12.0 Å². The molecule has 0 fully saturated rings. The summed E-state index contributed by atoms with van der Waals surface area (Å²) >= 11 is 6.09. The highest BCUT2D eigenvalue weighted by molar-refractivity contribution is 6.32. The van der Waals surface area contributed by atoms with Gasteiger partial charge < -0.3 is 5.32 Å². The quantitative estimate of drug-likeness (QED) is 0.648. The molecule has 1 aromatic rings. The fraction of sp³-hybridized carbons (Fsp3) is 0.400. The number of halogens is 1. The minimum absolute atomic E-state index is 0.500. The fourth-order valence-electron chi connectivity index (χ4n) is 1.75. The van der Waals surface area contributed by atoms with Crippen molar-refractivity contribution in [2.75, 3.05) is 5.32 Å². The zero-order valence-corrected chi connectivity index (χ0v) is 8.02. The highest BCUT2D eigenvalue weighted by atomic mass is 35.5. The van der Waals surface area contributed by atoms with Crippen molar-refractivity contribution in [3.63, 3.8) is 0 Å². The number of fused-ring (bicyclic) bond motifs is 1. The Morgan fingerprint density at radius 2 is 2.08 bits per heavy atom. The van der Waals surface area contributed by atoms with Gasteiger partial charge in [-0.3, -0.25) is 0 Å². The van der Waals surface area contributed by atoms with Crippen molar-refractivity contribution in [1.82, 2.24) is 0 Å². The van der Waals surface area contributed by atoms with Gasteiger partial charge in [-0.25, -0.2) is 0 Å². The molecular weight excluding hydrogens is 170 g/mol. The second-order valence-electron chi connectivity index (χ2n) is 3.42. The van der Waals surface area contributed by atoms with Crippen molar-refractivity contribution >= 4 is 17.3 Å². The van der Waals surface area contributed by atoms with Gasteiger partial charge in [-0.2, -0.15) is 0 Å². The summed E-state index contributed by atoms with van der Waals surface area (Å²) in [6, 6.07) is 6.52. The molecule has 1 aliphatic rings. The van der Waals surface area contributed by atoms with E-state index in [1.807, 2.05) is 12.1 Å². The van der Waals surface area contributed by atoms with Crippen molar-refractivity contribution in [2.45, 2.75) is 25.8 Å². The molecule has 2 atom stereocenters. The number of hydrogen-bond acceptors (Lipinski definition) is 1. The summed E-state index contributed by atoms with van der Waals surface area (Å²) in [6.07, 6.45) is 0. The number of nitrogens with one attached hydrogen (secondary N) is 1. The lowest BCUT2D eigenvalue weighted by molar-refractivity contribution is 0.690. The molecule has 0 amide bonds. The summed E-state index contributed by atoms with van der Waals surface area (Å²) in [7, 11) is 0.